The van der Waals surface area contributed by atoms with Crippen molar-refractivity contribution in [2.45, 2.75) is 148 Å². The van der Waals surface area contributed by atoms with Crippen LogP contribution in [0.25, 0.3) is 0 Å². The molecule has 3 saturated carbocycles. The summed E-state index contributed by atoms with van der Waals surface area (Å²) in [4.78, 5) is 0. The SMILES string of the molecule is C=C1/C(=C/C=C2CCC[C@]3(C)CCC[C@@H]23)C[C@@H](O[Si](C)(C)C(C)(C)C)C[C@@H]1O[Si](C)(C)C(C)(C)C. The Morgan fingerprint density at radius 1 is 0.886 bits per heavy atom. The van der Waals surface area contributed by atoms with Crippen molar-refractivity contribution in [3.8, 4) is 0 Å². The van der Waals surface area contributed by atoms with Crippen LogP contribution in [0.1, 0.15) is 99.8 Å². The molecule has 4 heteroatoms. The molecule has 0 bridgehead atoms. The molecular weight excluding hydrogens is 461 g/mol. The predicted octanol–water partition coefficient (Wildman–Crippen LogP) is 9.96. The minimum Gasteiger partial charge on any atom is -0.413 e. The summed E-state index contributed by atoms with van der Waals surface area (Å²) in [5.74, 6) is 0.781. The van der Waals surface area contributed by atoms with Gasteiger partial charge in [0.1, 0.15) is 0 Å². The third-order valence-corrected chi connectivity index (χ3v) is 19.5. The van der Waals surface area contributed by atoms with Gasteiger partial charge in [0.15, 0.2) is 16.6 Å². The lowest BCUT2D eigenvalue weighted by Crippen LogP contribution is -2.49. The second-order valence-electron chi connectivity index (χ2n) is 15.2. The molecule has 0 aromatic heterocycles. The summed E-state index contributed by atoms with van der Waals surface area (Å²) >= 11 is 0. The van der Waals surface area contributed by atoms with Crippen LogP contribution < -0.4 is 0 Å². The van der Waals surface area contributed by atoms with Crippen molar-refractivity contribution < 1.29 is 8.85 Å². The highest BCUT2D eigenvalue weighted by molar-refractivity contribution is 6.74. The van der Waals surface area contributed by atoms with E-state index in [-0.39, 0.29) is 22.3 Å². The number of fused-ring (bicyclic) bond motifs is 1. The van der Waals surface area contributed by atoms with E-state index in [0.717, 1.165) is 18.8 Å². The summed E-state index contributed by atoms with van der Waals surface area (Å²) in [7, 11) is -3.79. The number of hydrogen-bond acceptors (Lipinski definition) is 2. The summed E-state index contributed by atoms with van der Waals surface area (Å²) in [6, 6.07) is 0. The lowest BCUT2D eigenvalue weighted by atomic mass is 9.67. The summed E-state index contributed by atoms with van der Waals surface area (Å²) in [6.07, 6.45) is 15.3. The monoisotopic (exact) mass is 516 g/mol. The fourth-order valence-corrected chi connectivity index (χ4v) is 8.67. The molecule has 35 heavy (non-hydrogen) atoms. The van der Waals surface area contributed by atoms with E-state index in [9.17, 15) is 0 Å². The maximum absolute atomic E-state index is 7.01. The van der Waals surface area contributed by atoms with Crippen LogP contribution in [0.3, 0.4) is 0 Å². The Morgan fingerprint density at radius 2 is 1.46 bits per heavy atom. The lowest BCUT2D eigenvalue weighted by Gasteiger charge is -2.45. The van der Waals surface area contributed by atoms with Gasteiger partial charge < -0.3 is 8.85 Å². The first-order valence-electron chi connectivity index (χ1n) is 14.3. The standard InChI is InChI=1S/C31H56O2Si2/c1-23-25(18-17-24-15-13-19-31(8)20-14-16-27(24)31)21-26(32-34(9,10)29(2,3)4)22-28(23)33-35(11,12)30(5,6)7/h17-18,26-28H,1,13-16,19-22H2,2-12H3/b24-17?,25-18+/t26-,27+,28+,31-/m1/s1. The largest absolute Gasteiger partial charge is 0.413 e. The molecule has 0 radical (unpaired) electrons. The highest BCUT2D eigenvalue weighted by Crippen LogP contribution is 2.54. The van der Waals surface area contributed by atoms with Crippen LogP contribution in [-0.4, -0.2) is 28.8 Å². The van der Waals surface area contributed by atoms with Gasteiger partial charge in [0.05, 0.1) is 12.2 Å². The van der Waals surface area contributed by atoms with Crippen LogP contribution >= 0.6 is 0 Å². The third kappa shape index (κ3) is 6.35. The average Bonchev–Trinajstić information content (AvgIpc) is 3.09. The summed E-state index contributed by atoms with van der Waals surface area (Å²) in [5, 5.41) is 0.388. The Morgan fingerprint density at radius 3 is 2.06 bits per heavy atom. The van der Waals surface area contributed by atoms with Crippen LogP contribution in [0, 0.1) is 11.3 Å². The molecular formula is C31H56O2Si2. The fourth-order valence-electron chi connectivity index (χ4n) is 6.00. The summed E-state index contributed by atoms with van der Waals surface area (Å²) in [6.45, 7) is 30.7. The zero-order valence-corrected chi connectivity index (χ0v) is 27.1. The Kier molecular flexibility index (Phi) is 8.36. The molecule has 0 N–H and O–H groups in total. The molecule has 0 heterocycles. The van der Waals surface area contributed by atoms with Gasteiger partial charge >= 0.3 is 0 Å². The molecule has 200 valence electrons. The van der Waals surface area contributed by atoms with E-state index in [0.29, 0.717) is 5.41 Å². The summed E-state index contributed by atoms with van der Waals surface area (Å²) in [5.41, 5.74) is 4.78. The molecule has 3 rings (SSSR count). The highest BCUT2D eigenvalue weighted by atomic mass is 28.4. The van der Waals surface area contributed by atoms with Gasteiger partial charge in [-0.25, -0.2) is 0 Å². The van der Waals surface area contributed by atoms with E-state index in [4.69, 9.17) is 8.85 Å². The van der Waals surface area contributed by atoms with Crippen LogP contribution in [0.5, 0.6) is 0 Å². The summed E-state index contributed by atoms with van der Waals surface area (Å²) < 4.78 is 14.0. The molecule has 0 unspecified atom stereocenters. The first-order valence-corrected chi connectivity index (χ1v) is 20.1. The first-order chi connectivity index (χ1) is 15.9. The van der Waals surface area contributed by atoms with Gasteiger partial charge in [-0.1, -0.05) is 79.2 Å². The molecule has 2 nitrogen and oxygen atoms in total. The van der Waals surface area contributed by atoms with Gasteiger partial charge in [-0.2, -0.15) is 0 Å². The molecule has 0 spiro atoms. The molecule has 0 aliphatic heterocycles. The zero-order chi connectivity index (χ0) is 26.4. The van der Waals surface area contributed by atoms with Crippen molar-refractivity contribution in [1.82, 2.24) is 0 Å². The Hall–Kier alpha value is -0.426. The van der Waals surface area contributed by atoms with Crippen molar-refractivity contribution in [2.75, 3.05) is 0 Å². The predicted molar refractivity (Wildman–Crippen MR) is 158 cm³/mol. The molecule has 4 atom stereocenters. The Bertz CT molecular complexity index is 852. The van der Waals surface area contributed by atoms with Crippen molar-refractivity contribution in [1.29, 1.82) is 0 Å². The van der Waals surface area contributed by atoms with Crippen molar-refractivity contribution in [3.05, 3.63) is 35.5 Å². The van der Waals surface area contributed by atoms with Gasteiger partial charge in [0.25, 0.3) is 0 Å². The van der Waals surface area contributed by atoms with Crippen molar-refractivity contribution in [3.63, 3.8) is 0 Å². The van der Waals surface area contributed by atoms with E-state index in [2.05, 4.69) is 93.4 Å². The third-order valence-electron chi connectivity index (χ3n) is 10.5. The van der Waals surface area contributed by atoms with Gasteiger partial charge in [0.2, 0.25) is 0 Å². The van der Waals surface area contributed by atoms with Crippen LogP contribution in [0.2, 0.25) is 36.3 Å². The molecule has 0 aromatic carbocycles. The van der Waals surface area contributed by atoms with Crippen LogP contribution in [0.15, 0.2) is 35.5 Å². The molecule has 3 fully saturated rings. The smallest absolute Gasteiger partial charge is 0.192 e. The van der Waals surface area contributed by atoms with E-state index < -0.39 is 16.6 Å². The van der Waals surface area contributed by atoms with Gasteiger partial charge in [-0.15, -0.1) is 0 Å². The van der Waals surface area contributed by atoms with E-state index in [1.165, 1.54) is 49.7 Å². The molecule has 0 amide bonds. The maximum atomic E-state index is 7.01. The minimum atomic E-state index is -1.92. The fraction of sp³-hybridized carbons (Fsp3) is 0.806. The average molecular weight is 517 g/mol. The van der Waals surface area contributed by atoms with Gasteiger partial charge in [0, 0.05) is 6.42 Å². The van der Waals surface area contributed by atoms with E-state index in [1.54, 1.807) is 5.57 Å². The second kappa shape index (κ2) is 10.0. The normalized spacial score (nSPS) is 33.5. The Labute approximate surface area is 220 Å². The van der Waals surface area contributed by atoms with E-state index in [1.807, 2.05) is 0 Å². The van der Waals surface area contributed by atoms with E-state index >= 15 is 0 Å². The zero-order valence-electron chi connectivity index (χ0n) is 25.1. The first kappa shape index (κ1) is 29.1. The molecule has 3 aliphatic carbocycles. The lowest BCUT2D eigenvalue weighted by molar-refractivity contribution is 0.0969. The molecule has 0 saturated heterocycles. The molecule has 3 aliphatic rings. The van der Waals surface area contributed by atoms with Gasteiger partial charge in [-0.05, 0) is 97.3 Å². The van der Waals surface area contributed by atoms with Crippen LogP contribution in [0.4, 0.5) is 0 Å². The minimum absolute atomic E-state index is 0.0622. The Balaban J connectivity index is 1.90. The second-order valence-corrected chi connectivity index (χ2v) is 24.7. The maximum Gasteiger partial charge on any atom is 0.192 e. The highest BCUT2D eigenvalue weighted by Gasteiger charge is 2.45. The van der Waals surface area contributed by atoms with Crippen molar-refractivity contribution >= 4 is 16.6 Å². The number of rotatable bonds is 5. The van der Waals surface area contributed by atoms with Gasteiger partial charge in [-0.3, -0.25) is 0 Å². The number of hydrogen-bond donors (Lipinski definition) is 0. The topological polar surface area (TPSA) is 18.5 Å². The van der Waals surface area contributed by atoms with Crippen molar-refractivity contribution in [2.24, 2.45) is 11.3 Å². The molecule has 0 aromatic rings. The number of allylic oxidation sites excluding steroid dienone is 3. The van der Waals surface area contributed by atoms with Crippen LogP contribution in [-0.2, 0) is 8.85 Å². The quantitative estimate of drug-likeness (QED) is 0.338.